The zero-order chi connectivity index (χ0) is 15.8. The highest BCUT2D eigenvalue weighted by Gasteiger charge is 2.24. The summed E-state index contributed by atoms with van der Waals surface area (Å²) in [4.78, 5) is 10.1. The number of nitro benzene ring substituents is 1. The Morgan fingerprint density at radius 3 is 2.24 bits per heavy atom. The molecule has 2 N–H and O–H groups in total. The van der Waals surface area contributed by atoms with Crippen molar-refractivity contribution in [1.29, 1.82) is 0 Å². The van der Waals surface area contributed by atoms with E-state index in [1.807, 2.05) is 0 Å². The van der Waals surface area contributed by atoms with E-state index in [1.54, 1.807) is 13.8 Å². The molecule has 9 nitrogen and oxygen atoms in total. The largest absolute Gasteiger partial charge is 0.294 e. The summed E-state index contributed by atoms with van der Waals surface area (Å²) in [5.74, 6) is 0.281. The monoisotopic (exact) mass is 311 g/mol. The highest BCUT2D eigenvalue weighted by Crippen LogP contribution is 2.25. The molecule has 0 unspecified atom stereocenters. The minimum atomic E-state index is -4.01. The minimum Gasteiger partial charge on any atom is -0.294 e. The van der Waals surface area contributed by atoms with Crippen LogP contribution < -0.4 is 5.14 Å². The number of benzene rings is 1. The molecule has 0 atom stereocenters. The van der Waals surface area contributed by atoms with Crippen LogP contribution in [0.4, 0.5) is 5.69 Å². The minimum absolute atomic E-state index is 0.0685. The van der Waals surface area contributed by atoms with Crippen molar-refractivity contribution in [3.05, 3.63) is 34.4 Å². The van der Waals surface area contributed by atoms with Crippen molar-refractivity contribution in [2.24, 2.45) is 5.14 Å². The van der Waals surface area contributed by atoms with Crippen LogP contribution in [0.5, 0.6) is 0 Å². The molecule has 0 aliphatic rings. The number of nitro groups is 1. The number of sulfonamides is 1. The Morgan fingerprint density at radius 2 is 1.81 bits per heavy atom. The number of nitrogens with two attached hydrogens (primary N) is 1. The van der Waals surface area contributed by atoms with E-state index in [0.717, 1.165) is 0 Å². The molecule has 0 aliphatic heterocycles. The van der Waals surface area contributed by atoms with Crippen LogP contribution in [0.3, 0.4) is 0 Å². The van der Waals surface area contributed by atoms with Crippen LogP contribution >= 0.6 is 0 Å². The Balaban J connectivity index is 2.59. The molecule has 0 bridgehead atoms. The molecule has 112 valence electrons. The fourth-order valence-electron chi connectivity index (χ4n) is 1.87. The summed E-state index contributed by atoms with van der Waals surface area (Å²) in [7, 11) is -4.01. The average Bonchev–Trinajstić information content (AvgIpc) is 2.83. The summed E-state index contributed by atoms with van der Waals surface area (Å²) in [5, 5.41) is 22.8. The molecule has 2 aromatic rings. The number of nitrogens with zero attached hydrogens (tertiary/aromatic N) is 4. The molecule has 0 saturated heterocycles. The van der Waals surface area contributed by atoms with Gasteiger partial charge in [0.15, 0.2) is 5.82 Å². The molecule has 0 spiro atoms. The first-order valence-electron chi connectivity index (χ1n) is 5.94. The number of non-ortho nitro benzene ring substituents is 1. The van der Waals surface area contributed by atoms with E-state index in [4.69, 9.17) is 5.14 Å². The summed E-state index contributed by atoms with van der Waals surface area (Å²) in [6.45, 7) is 3.51. The Morgan fingerprint density at radius 1 is 1.24 bits per heavy atom. The number of aromatic nitrogens is 3. The highest BCUT2D eigenvalue weighted by atomic mass is 32.2. The molecule has 21 heavy (non-hydrogen) atoms. The first-order chi connectivity index (χ1) is 9.71. The van der Waals surface area contributed by atoms with Crippen molar-refractivity contribution in [2.45, 2.75) is 25.0 Å². The fourth-order valence-corrected chi connectivity index (χ4v) is 2.59. The van der Waals surface area contributed by atoms with E-state index in [-0.39, 0.29) is 22.7 Å². The van der Waals surface area contributed by atoms with E-state index in [9.17, 15) is 18.5 Å². The topological polar surface area (TPSA) is 134 Å². The Labute approximate surface area is 120 Å². The molecule has 1 aromatic carbocycles. The second kappa shape index (κ2) is 5.22. The lowest BCUT2D eigenvalue weighted by atomic mass is 10.2. The van der Waals surface area contributed by atoms with Gasteiger partial charge >= 0.3 is 0 Å². The van der Waals surface area contributed by atoms with Crippen LogP contribution in [0.15, 0.2) is 29.4 Å². The van der Waals surface area contributed by atoms with Crippen molar-refractivity contribution in [1.82, 2.24) is 14.8 Å². The van der Waals surface area contributed by atoms with Gasteiger partial charge in [-0.15, -0.1) is 10.2 Å². The van der Waals surface area contributed by atoms with Crippen LogP contribution in [0.1, 0.15) is 19.9 Å². The maximum absolute atomic E-state index is 11.5. The third kappa shape index (κ3) is 2.90. The van der Waals surface area contributed by atoms with Gasteiger partial charge in [0.05, 0.1) is 4.92 Å². The predicted molar refractivity (Wildman–Crippen MR) is 73.9 cm³/mol. The first-order valence-corrected chi connectivity index (χ1v) is 7.49. The molecule has 1 heterocycles. The maximum atomic E-state index is 11.5. The van der Waals surface area contributed by atoms with Gasteiger partial charge in [-0.3, -0.25) is 14.7 Å². The number of primary sulfonamides is 1. The molecule has 0 radical (unpaired) electrons. The van der Waals surface area contributed by atoms with Crippen molar-refractivity contribution in [2.75, 3.05) is 0 Å². The van der Waals surface area contributed by atoms with Gasteiger partial charge in [0.25, 0.3) is 20.9 Å². The number of hydrogen-bond donors (Lipinski definition) is 1. The summed E-state index contributed by atoms with van der Waals surface area (Å²) in [5.41, 5.74) is 0.442. The normalized spacial score (nSPS) is 11.8. The van der Waals surface area contributed by atoms with Gasteiger partial charge in [0, 0.05) is 23.7 Å². The zero-order valence-corrected chi connectivity index (χ0v) is 12.1. The van der Waals surface area contributed by atoms with Gasteiger partial charge in [0.2, 0.25) is 0 Å². The van der Waals surface area contributed by atoms with Crippen molar-refractivity contribution < 1.29 is 13.3 Å². The summed E-state index contributed by atoms with van der Waals surface area (Å²) in [6, 6.07) is 5.33. The van der Waals surface area contributed by atoms with Crippen LogP contribution in [-0.4, -0.2) is 28.1 Å². The first kappa shape index (κ1) is 15.1. The lowest BCUT2D eigenvalue weighted by Gasteiger charge is -2.12. The second-order valence-electron chi connectivity index (χ2n) is 4.62. The standard InChI is InChI=1S/C11H13N5O4S/c1-7(2)15-10(13-14-11(15)21(12,19)20)8-3-5-9(6-4-8)16(17)18/h3-7H,1-2H3,(H2,12,19,20). The van der Waals surface area contributed by atoms with Gasteiger partial charge in [-0.05, 0) is 26.0 Å². The second-order valence-corrected chi connectivity index (χ2v) is 6.07. The van der Waals surface area contributed by atoms with Crippen LogP contribution in [-0.2, 0) is 10.0 Å². The van der Waals surface area contributed by atoms with E-state index in [2.05, 4.69) is 10.2 Å². The average molecular weight is 311 g/mol. The van der Waals surface area contributed by atoms with Crippen LogP contribution in [0.25, 0.3) is 11.4 Å². The zero-order valence-electron chi connectivity index (χ0n) is 11.3. The van der Waals surface area contributed by atoms with Crippen LogP contribution in [0.2, 0.25) is 0 Å². The molecule has 2 rings (SSSR count). The quantitative estimate of drug-likeness (QED) is 0.663. The van der Waals surface area contributed by atoms with Gasteiger partial charge < -0.3 is 0 Å². The molecule has 10 heteroatoms. The fraction of sp³-hybridized carbons (Fsp3) is 0.273. The predicted octanol–water partition coefficient (Wildman–Crippen LogP) is 1.08. The van der Waals surface area contributed by atoms with Gasteiger partial charge in [0.1, 0.15) is 0 Å². The van der Waals surface area contributed by atoms with Crippen molar-refractivity contribution in [3.63, 3.8) is 0 Å². The Bertz CT molecular complexity index is 779. The SMILES string of the molecule is CC(C)n1c(-c2ccc([N+](=O)[O-])cc2)nnc1S(N)(=O)=O. The molecule has 0 saturated carbocycles. The van der Waals surface area contributed by atoms with Gasteiger partial charge in [-0.2, -0.15) is 0 Å². The molecular weight excluding hydrogens is 298 g/mol. The maximum Gasteiger partial charge on any atom is 0.273 e. The van der Waals surface area contributed by atoms with Crippen molar-refractivity contribution in [3.8, 4) is 11.4 Å². The van der Waals surface area contributed by atoms with Crippen molar-refractivity contribution >= 4 is 15.7 Å². The van der Waals surface area contributed by atoms with E-state index in [1.165, 1.54) is 28.8 Å². The lowest BCUT2D eigenvalue weighted by molar-refractivity contribution is -0.384. The van der Waals surface area contributed by atoms with E-state index in [0.29, 0.717) is 5.56 Å². The lowest BCUT2D eigenvalue weighted by Crippen LogP contribution is -2.20. The van der Waals surface area contributed by atoms with Gasteiger partial charge in [-0.25, -0.2) is 13.6 Å². The summed E-state index contributed by atoms with van der Waals surface area (Å²) in [6.07, 6.45) is 0. The Kier molecular flexibility index (Phi) is 3.75. The third-order valence-corrected chi connectivity index (χ3v) is 3.56. The Hall–Kier alpha value is -2.33. The molecular formula is C11H13N5O4S. The third-order valence-electron chi connectivity index (χ3n) is 2.77. The summed E-state index contributed by atoms with van der Waals surface area (Å²) >= 11 is 0. The van der Waals surface area contributed by atoms with Gasteiger partial charge in [-0.1, -0.05) is 0 Å². The molecule has 0 amide bonds. The van der Waals surface area contributed by atoms with E-state index < -0.39 is 14.9 Å². The van der Waals surface area contributed by atoms with Crippen LogP contribution in [0, 0.1) is 10.1 Å². The smallest absolute Gasteiger partial charge is 0.273 e. The number of hydrogen-bond acceptors (Lipinski definition) is 6. The molecule has 0 fully saturated rings. The van der Waals surface area contributed by atoms with E-state index >= 15 is 0 Å². The molecule has 1 aromatic heterocycles. The number of rotatable bonds is 4. The highest BCUT2D eigenvalue weighted by molar-refractivity contribution is 7.89. The summed E-state index contributed by atoms with van der Waals surface area (Å²) < 4.78 is 24.4. The molecule has 0 aliphatic carbocycles.